The molecule has 1 spiro atoms. The highest BCUT2D eigenvalue weighted by Crippen LogP contribution is 2.63. The van der Waals surface area contributed by atoms with Crippen LogP contribution in [0.25, 0.3) is 10.9 Å². The van der Waals surface area contributed by atoms with Gasteiger partial charge in [-0.25, -0.2) is 9.88 Å². The molecule has 8 rings (SSSR count). The van der Waals surface area contributed by atoms with Crippen LogP contribution in [0.4, 0.5) is 5.69 Å². The Labute approximate surface area is 187 Å². The largest absolute Gasteiger partial charge is 0.381 e. The number of hydrogen-bond donors (Lipinski definition) is 2. The van der Waals surface area contributed by atoms with E-state index in [0.717, 1.165) is 0 Å². The molecule has 1 aliphatic carbocycles. The number of nitrogens with zero attached hydrogens (tertiary/aromatic N) is 4. The van der Waals surface area contributed by atoms with Gasteiger partial charge in [-0.15, -0.1) is 0 Å². The quantitative estimate of drug-likeness (QED) is 0.536. The van der Waals surface area contributed by atoms with Gasteiger partial charge in [0.1, 0.15) is 29.5 Å². The van der Waals surface area contributed by atoms with Gasteiger partial charge in [0.15, 0.2) is 5.82 Å². The van der Waals surface area contributed by atoms with E-state index in [4.69, 9.17) is 4.98 Å². The van der Waals surface area contributed by atoms with Crippen molar-refractivity contribution >= 4 is 28.4 Å². The number of anilines is 1. The van der Waals surface area contributed by atoms with Crippen molar-refractivity contribution in [1.29, 1.82) is 0 Å². The van der Waals surface area contributed by atoms with E-state index in [1.54, 1.807) is 23.1 Å². The fourth-order valence-electron chi connectivity index (χ4n) is 6.61. The van der Waals surface area contributed by atoms with Gasteiger partial charge in [0.2, 0.25) is 11.8 Å². The number of aliphatic hydroxyl groups is 1. The lowest BCUT2D eigenvalue weighted by molar-refractivity contribution is -0.146. The molecular formula is C24H19N5O4. The van der Waals surface area contributed by atoms with Crippen LogP contribution in [0.15, 0.2) is 53.3 Å². The lowest BCUT2D eigenvalue weighted by Gasteiger charge is -2.48. The van der Waals surface area contributed by atoms with Gasteiger partial charge in [-0.2, -0.15) is 0 Å². The molecule has 9 heteroatoms. The Morgan fingerprint density at radius 2 is 1.79 bits per heavy atom. The zero-order valence-corrected chi connectivity index (χ0v) is 17.4. The van der Waals surface area contributed by atoms with Crippen LogP contribution in [-0.4, -0.2) is 43.1 Å². The van der Waals surface area contributed by atoms with Gasteiger partial charge >= 0.3 is 0 Å². The number of carbonyl (C=O) groups is 2. The van der Waals surface area contributed by atoms with Crippen molar-refractivity contribution in [1.82, 2.24) is 19.8 Å². The average molecular weight is 441 g/mol. The predicted octanol–water partition coefficient (Wildman–Crippen LogP) is 0.878. The number of amides is 2. The van der Waals surface area contributed by atoms with Crippen molar-refractivity contribution in [3.05, 3.63) is 70.3 Å². The predicted molar refractivity (Wildman–Crippen MR) is 116 cm³/mol. The number of para-hydroxylation sites is 2. The first kappa shape index (κ1) is 17.9. The molecule has 0 radical (unpaired) electrons. The van der Waals surface area contributed by atoms with Crippen molar-refractivity contribution in [2.45, 2.75) is 48.8 Å². The van der Waals surface area contributed by atoms with Crippen molar-refractivity contribution in [2.75, 3.05) is 4.90 Å². The average Bonchev–Trinajstić information content (AvgIpc) is 3.52. The summed E-state index contributed by atoms with van der Waals surface area (Å²) in [5.41, 5.74) is -0.781. The maximum Gasteiger partial charge on any atom is 0.262 e. The van der Waals surface area contributed by atoms with Crippen LogP contribution in [0.2, 0.25) is 0 Å². The van der Waals surface area contributed by atoms with Gasteiger partial charge < -0.3 is 10.4 Å². The second kappa shape index (κ2) is 5.32. The number of aromatic nitrogens is 2. The van der Waals surface area contributed by atoms with Gasteiger partial charge in [0.25, 0.3) is 5.56 Å². The van der Waals surface area contributed by atoms with Gasteiger partial charge in [0.05, 0.1) is 16.6 Å². The Bertz CT molecular complexity index is 1510. The molecule has 9 nitrogen and oxygen atoms in total. The molecule has 1 aromatic heterocycles. The smallest absolute Gasteiger partial charge is 0.262 e. The lowest BCUT2D eigenvalue weighted by Crippen LogP contribution is -2.64. The molecule has 1 saturated carbocycles. The molecule has 2 aromatic carbocycles. The van der Waals surface area contributed by atoms with Crippen molar-refractivity contribution < 1.29 is 14.7 Å². The van der Waals surface area contributed by atoms with E-state index in [1.165, 1.54) is 4.57 Å². The molecule has 4 aliphatic heterocycles. The highest BCUT2D eigenvalue weighted by molar-refractivity contribution is 6.07. The summed E-state index contributed by atoms with van der Waals surface area (Å²) in [5.74, 6) is 0.0111. The molecule has 3 aromatic rings. The number of nitrogens with one attached hydrogen (secondary N) is 1. The fourth-order valence-corrected chi connectivity index (χ4v) is 6.61. The number of fused-ring (bicyclic) bond motifs is 6. The standard InChI is InChI=1S/C24H19N5O4/c30-19-16-11-24(33)13-6-2-4-8-15(13)28-21(24)29(23(9-10-23)22(28)32)18(26-19)17-25-14-7-3-1-5-12(14)20(31)27(16)17/h1-8,16,18,21,33H,9-11H2,(H,26,30)/t16-,18-,21-,24-/m1/s1. The third kappa shape index (κ3) is 1.82. The first-order chi connectivity index (χ1) is 16.0. The monoisotopic (exact) mass is 441 g/mol. The molecule has 2 fully saturated rings. The summed E-state index contributed by atoms with van der Waals surface area (Å²) >= 11 is 0. The molecule has 2 N–H and O–H groups in total. The van der Waals surface area contributed by atoms with E-state index in [1.807, 2.05) is 35.2 Å². The molecule has 164 valence electrons. The molecule has 0 unspecified atom stereocenters. The van der Waals surface area contributed by atoms with Crippen LogP contribution < -0.4 is 15.8 Å². The van der Waals surface area contributed by atoms with Crippen LogP contribution in [-0.2, 0) is 15.2 Å². The van der Waals surface area contributed by atoms with Gasteiger partial charge in [-0.1, -0.05) is 30.3 Å². The summed E-state index contributed by atoms with van der Waals surface area (Å²) in [6, 6.07) is 13.5. The Kier molecular flexibility index (Phi) is 2.89. The van der Waals surface area contributed by atoms with Crippen LogP contribution >= 0.6 is 0 Å². The molecule has 2 bridgehead atoms. The number of hydrogen-bond acceptors (Lipinski definition) is 6. The van der Waals surface area contributed by atoms with Crippen molar-refractivity contribution in [3.8, 4) is 0 Å². The zero-order chi connectivity index (χ0) is 22.3. The van der Waals surface area contributed by atoms with Crippen LogP contribution in [0.3, 0.4) is 0 Å². The minimum Gasteiger partial charge on any atom is -0.381 e. The second-order valence-corrected chi connectivity index (χ2v) is 9.72. The summed E-state index contributed by atoms with van der Waals surface area (Å²) < 4.78 is 1.45. The Balaban J connectivity index is 1.49. The maximum atomic E-state index is 13.8. The third-order valence-corrected chi connectivity index (χ3v) is 8.16. The molecule has 1 saturated heterocycles. The Morgan fingerprint density at radius 3 is 2.61 bits per heavy atom. The van der Waals surface area contributed by atoms with E-state index in [-0.39, 0.29) is 23.8 Å². The highest BCUT2D eigenvalue weighted by atomic mass is 16.3. The van der Waals surface area contributed by atoms with E-state index >= 15 is 0 Å². The number of rotatable bonds is 0. The summed E-state index contributed by atoms with van der Waals surface area (Å²) in [4.78, 5) is 49.2. The first-order valence-corrected chi connectivity index (χ1v) is 11.2. The molecule has 5 aliphatic rings. The minimum atomic E-state index is -1.50. The summed E-state index contributed by atoms with van der Waals surface area (Å²) in [6.07, 6.45) is -0.241. The molecular weight excluding hydrogens is 422 g/mol. The zero-order valence-electron chi connectivity index (χ0n) is 17.4. The van der Waals surface area contributed by atoms with Crippen LogP contribution in [0.5, 0.6) is 0 Å². The SMILES string of the molecule is O=C1N[C@H]2c3nc4ccccc4c(=O)n3[C@@H]1C[C@@]1(O)c3ccccc3N3C(=O)C4(CC4)N2[C@@H]31. The molecule has 2 amide bonds. The van der Waals surface area contributed by atoms with Crippen LogP contribution in [0, 0.1) is 0 Å². The van der Waals surface area contributed by atoms with E-state index in [9.17, 15) is 19.5 Å². The van der Waals surface area contributed by atoms with E-state index < -0.39 is 29.5 Å². The number of carbonyl (C=O) groups excluding carboxylic acids is 2. The van der Waals surface area contributed by atoms with E-state index in [2.05, 4.69) is 5.32 Å². The normalized spacial score (nSPS) is 32.4. The maximum absolute atomic E-state index is 13.8. The molecule has 4 atom stereocenters. The van der Waals surface area contributed by atoms with Gasteiger partial charge in [-0.3, -0.25) is 23.9 Å². The van der Waals surface area contributed by atoms with Crippen LogP contribution in [0.1, 0.15) is 42.9 Å². The highest BCUT2D eigenvalue weighted by Gasteiger charge is 2.75. The van der Waals surface area contributed by atoms with E-state index in [0.29, 0.717) is 40.8 Å². The van der Waals surface area contributed by atoms with Gasteiger partial charge in [0, 0.05) is 12.0 Å². The summed E-state index contributed by atoms with van der Waals surface area (Å²) in [5, 5.41) is 15.7. The molecule has 5 heterocycles. The second-order valence-electron chi connectivity index (χ2n) is 9.72. The lowest BCUT2D eigenvalue weighted by atomic mass is 9.83. The Morgan fingerprint density at radius 1 is 1.03 bits per heavy atom. The Hall–Kier alpha value is -3.56. The number of benzene rings is 2. The summed E-state index contributed by atoms with van der Waals surface area (Å²) in [7, 11) is 0. The first-order valence-electron chi connectivity index (χ1n) is 11.2. The van der Waals surface area contributed by atoms with Crippen molar-refractivity contribution in [2.24, 2.45) is 0 Å². The minimum absolute atomic E-state index is 0.0312. The van der Waals surface area contributed by atoms with Gasteiger partial charge in [-0.05, 0) is 31.0 Å². The fraction of sp³-hybridized carbons (Fsp3) is 0.333. The summed E-state index contributed by atoms with van der Waals surface area (Å²) in [6.45, 7) is 0. The van der Waals surface area contributed by atoms with Crippen molar-refractivity contribution in [3.63, 3.8) is 0 Å². The third-order valence-electron chi connectivity index (χ3n) is 8.16. The topological polar surface area (TPSA) is 108 Å². The molecule has 33 heavy (non-hydrogen) atoms.